The van der Waals surface area contributed by atoms with Crippen molar-refractivity contribution in [2.75, 3.05) is 7.11 Å². The van der Waals surface area contributed by atoms with E-state index < -0.39 is 7.12 Å². The lowest BCUT2D eigenvalue weighted by Gasteiger charge is -2.32. The molecule has 2 rings (SSSR count). The number of rotatable bonds is 3. The van der Waals surface area contributed by atoms with Crippen molar-refractivity contribution in [3.63, 3.8) is 0 Å². The van der Waals surface area contributed by atoms with E-state index in [0.29, 0.717) is 5.69 Å². The van der Waals surface area contributed by atoms with Crippen LogP contribution in [0.2, 0.25) is 0 Å². The molecule has 2 heterocycles. The average Bonchev–Trinajstić information content (AvgIpc) is 2.59. The minimum Gasteiger partial charge on any atom is -0.469 e. The van der Waals surface area contributed by atoms with Gasteiger partial charge in [0.05, 0.1) is 30.4 Å². The van der Waals surface area contributed by atoms with Gasteiger partial charge in [0.1, 0.15) is 0 Å². The summed E-state index contributed by atoms with van der Waals surface area (Å²) in [6, 6.07) is 3.66. The van der Waals surface area contributed by atoms with E-state index >= 15 is 0 Å². The van der Waals surface area contributed by atoms with Gasteiger partial charge in [-0.05, 0) is 33.8 Å². The van der Waals surface area contributed by atoms with Crippen LogP contribution in [0.1, 0.15) is 33.4 Å². The molecule has 0 aliphatic carbocycles. The molecular formula is C14H20BNO4. The first-order valence-corrected chi connectivity index (χ1v) is 6.62. The molecule has 0 radical (unpaired) electrons. The molecule has 1 aromatic heterocycles. The first kappa shape index (κ1) is 15.0. The van der Waals surface area contributed by atoms with E-state index in [1.165, 1.54) is 7.11 Å². The van der Waals surface area contributed by atoms with Crippen molar-refractivity contribution in [2.45, 2.75) is 45.3 Å². The van der Waals surface area contributed by atoms with E-state index in [1.807, 2.05) is 33.8 Å². The van der Waals surface area contributed by atoms with Gasteiger partial charge in [0.2, 0.25) is 0 Å². The highest BCUT2D eigenvalue weighted by Crippen LogP contribution is 2.36. The number of carbonyl (C=O) groups excluding carboxylic acids is 1. The van der Waals surface area contributed by atoms with Crippen molar-refractivity contribution in [3.05, 3.63) is 24.0 Å². The van der Waals surface area contributed by atoms with Gasteiger partial charge < -0.3 is 14.0 Å². The largest absolute Gasteiger partial charge is 0.496 e. The van der Waals surface area contributed by atoms with Crippen LogP contribution in [0.5, 0.6) is 0 Å². The summed E-state index contributed by atoms with van der Waals surface area (Å²) in [5.41, 5.74) is 0.763. The maximum absolute atomic E-state index is 11.2. The summed E-state index contributed by atoms with van der Waals surface area (Å²) in [5.74, 6) is -0.305. The van der Waals surface area contributed by atoms with Crippen LogP contribution in [0.25, 0.3) is 0 Å². The lowest BCUT2D eigenvalue weighted by atomic mass is 9.80. The van der Waals surface area contributed by atoms with Gasteiger partial charge in [-0.1, -0.05) is 6.07 Å². The summed E-state index contributed by atoms with van der Waals surface area (Å²) in [7, 11) is 0.931. The Morgan fingerprint density at radius 1 is 1.25 bits per heavy atom. The van der Waals surface area contributed by atoms with Gasteiger partial charge in [-0.3, -0.25) is 9.78 Å². The summed E-state index contributed by atoms with van der Waals surface area (Å²) >= 11 is 0. The van der Waals surface area contributed by atoms with Gasteiger partial charge in [-0.2, -0.15) is 0 Å². The van der Waals surface area contributed by atoms with E-state index in [1.54, 1.807) is 12.3 Å². The van der Waals surface area contributed by atoms with Crippen LogP contribution < -0.4 is 5.46 Å². The van der Waals surface area contributed by atoms with Crippen LogP contribution >= 0.6 is 0 Å². The Morgan fingerprint density at radius 2 is 1.85 bits per heavy atom. The van der Waals surface area contributed by atoms with E-state index in [-0.39, 0.29) is 23.6 Å². The zero-order valence-corrected chi connectivity index (χ0v) is 12.6. The van der Waals surface area contributed by atoms with E-state index in [4.69, 9.17) is 9.31 Å². The molecular weight excluding hydrogens is 257 g/mol. The fourth-order valence-electron chi connectivity index (χ4n) is 1.88. The molecule has 1 fully saturated rings. The van der Waals surface area contributed by atoms with Crippen LogP contribution in [-0.2, 0) is 25.3 Å². The quantitative estimate of drug-likeness (QED) is 0.611. The Hall–Kier alpha value is -1.40. The number of esters is 1. The smallest absolute Gasteiger partial charge is 0.469 e. The third-order valence-electron chi connectivity index (χ3n) is 3.93. The Labute approximate surface area is 119 Å². The fourth-order valence-corrected chi connectivity index (χ4v) is 1.88. The van der Waals surface area contributed by atoms with Gasteiger partial charge in [-0.25, -0.2) is 0 Å². The number of aromatic nitrogens is 1. The summed E-state index contributed by atoms with van der Waals surface area (Å²) < 4.78 is 16.5. The van der Waals surface area contributed by atoms with Gasteiger partial charge in [0.15, 0.2) is 0 Å². The first-order chi connectivity index (χ1) is 9.25. The zero-order chi connectivity index (χ0) is 15.0. The molecule has 0 unspecified atom stereocenters. The molecule has 0 N–H and O–H groups in total. The molecule has 5 nitrogen and oxygen atoms in total. The Balaban J connectivity index is 2.10. The zero-order valence-electron chi connectivity index (χ0n) is 12.6. The Morgan fingerprint density at radius 3 is 2.30 bits per heavy atom. The molecule has 1 saturated heterocycles. The molecule has 6 heteroatoms. The minimum absolute atomic E-state index is 0.167. The molecule has 0 amide bonds. The standard InChI is InChI=1S/C14H20BNO4/c1-13(2)14(3,4)20-15(19-13)10-6-7-11(16-9-10)8-12(17)18-5/h6-7,9H,8H2,1-5H3. The van der Waals surface area contributed by atoms with Gasteiger partial charge in [0.25, 0.3) is 0 Å². The molecule has 20 heavy (non-hydrogen) atoms. The first-order valence-electron chi connectivity index (χ1n) is 6.62. The second-order valence-electron chi connectivity index (χ2n) is 5.92. The van der Waals surface area contributed by atoms with Crippen molar-refractivity contribution in [2.24, 2.45) is 0 Å². The highest BCUT2D eigenvalue weighted by atomic mass is 16.7. The molecule has 0 bridgehead atoms. The van der Waals surface area contributed by atoms with Crippen molar-refractivity contribution in [3.8, 4) is 0 Å². The van der Waals surface area contributed by atoms with E-state index in [2.05, 4.69) is 9.72 Å². The molecule has 1 aromatic rings. The molecule has 1 aliphatic heterocycles. The molecule has 0 aromatic carbocycles. The number of carbonyl (C=O) groups is 1. The predicted molar refractivity (Wildman–Crippen MR) is 75.7 cm³/mol. The SMILES string of the molecule is COC(=O)Cc1ccc(B2OC(C)(C)C(C)(C)O2)cn1. The second-order valence-corrected chi connectivity index (χ2v) is 5.92. The molecule has 0 atom stereocenters. The lowest BCUT2D eigenvalue weighted by Crippen LogP contribution is -2.41. The highest BCUT2D eigenvalue weighted by Gasteiger charge is 2.51. The van der Waals surface area contributed by atoms with Gasteiger partial charge in [0, 0.05) is 11.7 Å². The van der Waals surface area contributed by atoms with Crippen LogP contribution in [0.15, 0.2) is 18.3 Å². The minimum atomic E-state index is -0.431. The fraction of sp³-hybridized carbons (Fsp3) is 0.571. The van der Waals surface area contributed by atoms with E-state index in [0.717, 1.165) is 5.46 Å². The monoisotopic (exact) mass is 277 g/mol. The summed E-state index contributed by atoms with van der Waals surface area (Å²) in [5, 5.41) is 0. The number of ether oxygens (including phenoxy) is 1. The lowest BCUT2D eigenvalue weighted by molar-refractivity contribution is -0.139. The van der Waals surface area contributed by atoms with Crippen LogP contribution in [0, 0.1) is 0 Å². The average molecular weight is 277 g/mol. The van der Waals surface area contributed by atoms with Gasteiger partial charge in [-0.15, -0.1) is 0 Å². The summed E-state index contributed by atoms with van der Waals surface area (Å²) in [6.45, 7) is 8.02. The third-order valence-corrected chi connectivity index (χ3v) is 3.93. The topological polar surface area (TPSA) is 57.7 Å². The number of nitrogens with zero attached hydrogens (tertiary/aromatic N) is 1. The molecule has 108 valence electrons. The Bertz CT molecular complexity index is 482. The molecule has 1 aliphatic rings. The molecule has 0 saturated carbocycles. The number of pyridine rings is 1. The van der Waals surface area contributed by atoms with E-state index in [9.17, 15) is 4.79 Å². The van der Waals surface area contributed by atoms with Crippen LogP contribution in [-0.4, -0.2) is 36.4 Å². The maximum Gasteiger partial charge on any atom is 0.496 e. The normalized spacial score (nSPS) is 19.9. The maximum atomic E-state index is 11.2. The Kier molecular flexibility index (Phi) is 3.89. The van der Waals surface area contributed by atoms with Crippen molar-refractivity contribution < 1.29 is 18.8 Å². The third kappa shape index (κ3) is 2.86. The van der Waals surface area contributed by atoms with Crippen molar-refractivity contribution in [1.82, 2.24) is 4.98 Å². The van der Waals surface area contributed by atoms with Crippen molar-refractivity contribution in [1.29, 1.82) is 0 Å². The van der Waals surface area contributed by atoms with Crippen molar-refractivity contribution >= 4 is 18.6 Å². The van der Waals surface area contributed by atoms with Crippen LogP contribution in [0.3, 0.4) is 0 Å². The molecule has 0 spiro atoms. The number of hydrogen-bond donors (Lipinski definition) is 0. The number of hydrogen-bond acceptors (Lipinski definition) is 5. The summed E-state index contributed by atoms with van der Waals surface area (Å²) in [4.78, 5) is 15.4. The van der Waals surface area contributed by atoms with Gasteiger partial charge >= 0.3 is 13.1 Å². The van der Waals surface area contributed by atoms with Crippen LogP contribution in [0.4, 0.5) is 0 Å². The second kappa shape index (κ2) is 5.18. The highest BCUT2D eigenvalue weighted by molar-refractivity contribution is 6.62. The number of methoxy groups -OCH3 is 1. The predicted octanol–water partition coefficient (Wildman–Crippen LogP) is 1.10. The summed E-state index contributed by atoms with van der Waals surface area (Å²) in [6.07, 6.45) is 1.85.